The summed E-state index contributed by atoms with van der Waals surface area (Å²) in [5.41, 5.74) is 5.37. The number of allylic oxidation sites excluding steroid dienone is 14. The number of aliphatic hydroxyl groups is 1. The van der Waals surface area contributed by atoms with Gasteiger partial charge in [0.15, 0.2) is 0 Å². The summed E-state index contributed by atoms with van der Waals surface area (Å²) >= 11 is 0. The molecule has 0 aromatic heterocycles. The second-order valence-corrected chi connectivity index (χ2v) is 6.73. The number of hydrogen-bond donors (Lipinski definition) is 1. The molecule has 0 aliphatic heterocycles. The molecule has 1 N–H and O–H groups in total. The van der Waals surface area contributed by atoms with Crippen LogP contribution in [0.2, 0.25) is 0 Å². The van der Waals surface area contributed by atoms with Crippen molar-refractivity contribution in [1.29, 1.82) is 0 Å². The van der Waals surface area contributed by atoms with Gasteiger partial charge in [-0.2, -0.15) is 0 Å². The summed E-state index contributed by atoms with van der Waals surface area (Å²) in [6.07, 6.45) is 23.5. The molecule has 3 aliphatic carbocycles. The third kappa shape index (κ3) is 5.20. The Morgan fingerprint density at radius 2 is 1.48 bits per heavy atom. The van der Waals surface area contributed by atoms with Gasteiger partial charge in [0.25, 0.3) is 0 Å². The van der Waals surface area contributed by atoms with Gasteiger partial charge in [-0.15, -0.1) is 0 Å². The zero-order valence-corrected chi connectivity index (χ0v) is 17.7. The third-order valence-corrected chi connectivity index (χ3v) is 5.35. The predicted molar refractivity (Wildman–Crippen MR) is 120 cm³/mol. The van der Waals surface area contributed by atoms with Crippen molar-refractivity contribution in [2.75, 3.05) is 7.11 Å². The van der Waals surface area contributed by atoms with Crippen LogP contribution >= 0.6 is 0 Å². The molecule has 1 heteroatoms. The quantitative estimate of drug-likeness (QED) is 0.547. The highest BCUT2D eigenvalue weighted by Crippen LogP contribution is 2.51. The Balaban J connectivity index is 0.000000855. The van der Waals surface area contributed by atoms with Gasteiger partial charge in [-0.1, -0.05) is 87.8 Å². The number of rotatable bonds is 4. The van der Waals surface area contributed by atoms with Gasteiger partial charge in [0.2, 0.25) is 0 Å². The van der Waals surface area contributed by atoms with Gasteiger partial charge in [-0.25, -0.2) is 0 Å². The van der Waals surface area contributed by atoms with E-state index < -0.39 is 0 Å². The zero-order valence-electron chi connectivity index (χ0n) is 17.7. The lowest BCUT2D eigenvalue weighted by Gasteiger charge is -2.27. The summed E-state index contributed by atoms with van der Waals surface area (Å²) in [5.74, 6) is 2.52. The van der Waals surface area contributed by atoms with E-state index in [0.29, 0.717) is 23.7 Å². The molecule has 3 aliphatic rings. The molecule has 1 nitrogen and oxygen atoms in total. The molecule has 1 fully saturated rings. The maximum Gasteiger partial charge on any atom is 0.0319 e. The first-order chi connectivity index (χ1) is 13.2. The fourth-order valence-corrected chi connectivity index (χ4v) is 4.28. The predicted octanol–water partition coefficient (Wildman–Crippen LogP) is 6.75. The first kappa shape index (κ1) is 22.9. The molecule has 4 atom stereocenters. The highest BCUT2D eigenvalue weighted by molar-refractivity contribution is 5.51. The second-order valence-electron chi connectivity index (χ2n) is 6.73. The minimum Gasteiger partial charge on any atom is -0.400 e. The Bertz CT molecular complexity index is 694. The van der Waals surface area contributed by atoms with Crippen molar-refractivity contribution in [2.24, 2.45) is 23.7 Å². The van der Waals surface area contributed by atoms with E-state index in [1.807, 2.05) is 32.1 Å². The molecule has 0 spiro atoms. The van der Waals surface area contributed by atoms with Crippen molar-refractivity contribution in [1.82, 2.24) is 0 Å². The monoisotopic (exact) mass is 364 g/mol. The molecule has 4 unspecified atom stereocenters. The van der Waals surface area contributed by atoms with Crippen molar-refractivity contribution in [3.63, 3.8) is 0 Å². The summed E-state index contributed by atoms with van der Waals surface area (Å²) in [4.78, 5) is 0. The molecular weight excluding hydrogens is 328 g/mol. The van der Waals surface area contributed by atoms with Crippen LogP contribution in [0, 0.1) is 23.7 Å². The van der Waals surface area contributed by atoms with Crippen LogP contribution in [0.1, 0.15) is 34.1 Å². The molecule has 0 aromatic carbocycles. The van der Waals surface area contributed by atoms with E-state index in [1.54, 1.807) is 0 Å². The Kier molecular flexibility index (Phi) is 9.82. The largest absolute Gasteiger partial charge is 0.400 e. The topological polar surface area (TPSA) is 20.2 Å². The SMILES string of the molecule is C=C/C=C\C1=CC2CC3C=C(C=C)C(/C=C\C)=CC3C2C=C1C.CC.CO. The molecule has 0 aromatic rings. The number of fused-ring (bicyclic) bond motifs is 3. The van der Waals surface area contributed by atoms with Gasteiger partial charge >= 0.3 is 0 Å². The normalized spacial score (nSPS) is 28.4. The maximum absolute atomic E-state index is 7.00. The molecule has 1 saturated carbocycles. The van der Waals surface area contributed by atoms with Crippen molar-refractivity contribution in [3.8, 4) is 0 Å². The van der Waals surface area contributed by atoms with E-state index in [0.717, 1.165) is 7.11 Å². The van der Waals surface area contributed by atoms with Crippen molar-refractivity contribution in [2.45, 2.75) is 34.1 Å². The lowest BCUT2D eigenvalue weighted by Crippen LogP contribution is -2.18. The van der Waals surface area contributed by atoms with Crippen LogP contribution in [0.4, 0.5) is 0 Å². The minimum absolute atomic E-state index is 0.617. The van der Waals surface area contributed by atoms with Gasteiger partial charge in [0, 0.05) is 7.11 Å². The van der Waals surface area contributed by atoms with Crippen LogP contribution in [0.15, 0.2) is 96.2 Å². The molecular formula is C26H36O. The average Bonchev–Trinajstić information content (AvgIpc) is 3.05. The number of aliphatic hydroxyl groups excluding tert-OH is 1. The highest BCUT2D eigenvalue weighted by Gasteiger charge is 2.42. The molecule has 0 radical (unpaired) electrons. The van der Waals surface area contributed by atoms with Gasteiger partial charge < -0.3 is 5.11 Å². The van der Waals surface area contributed by atoms with Crippen LogP contribution < -0.4 is 0 Å². The molecule has 0 bridgehead atoms. The van der Waals surface area contributed by atoms with E-state index in [2.05, 4.69) is 69.5 Å². The minimum atomic E-state index is 0.617. The Morgan fingerprint density at radius 1 is 0.889 bits per heavy atom. The van der Waals surface area contributed by atoms with E-state index >= 15 is 0 Å². The smallest absolute Gasteiger partial charge is 0.0319 e. The van der Waals surface area contributed by atoms with Gasteiger partial charge in [0.1, 0.15) is 0 Å². The van der Waals surface area contributed by atoms with E-state index in [1.165, 1.54) is 28.7 Å². The first-order valence-corrected chi connectivity index (χ1v) is 10.0. The zero-order chi connectivity index (χ0) is 20.4. The van der Waals surface area contributed by atoms with Crippen LogP contribution in [0.3, 0.4) is 0 Å². The Morgan fingerprint density at radius 3 is 2.04 bits per heavy atom. The fourth-order valence-electron chi connectivity index (χ4n) is 4.28. The summed E-state index contributed by atoms with van der Waals surface area (Å²) in [7, 11) is 1.00. The molecule has 0 heterocycles. The summed E-state index contributed by atoms with van der Waals surface area (Å²) < 4.78 is 0. The summed E-state index contributed by atoms with van der Waals surface area (Å²) in [5, 5.41) is 7.00. The van der Waals surface area contributed by atoms with Crippen molar-refractivity contribution >= 4 is 0 Å². The van der Waals surface area contributed by atoms with E-state index in [9.17, 15) is 0 Å². The van der Waals surface area contributed by atoms with Crippen LogP contribution in [-0.4, -0.2) is 12.2 Å². The standard InChI is InChI=1S/C23H26.C2H6.CH4O/c1-5-8-10-18-13-21-14-20-12-17(7-3)19(9-6-2)15-23(20)22(21)11-16(18)4;2*1-2/h5-13,15,20-23H,1,3,14H2,2,4H3;1-2H3;2H,1H3/b9-6-,10-8-;;. The summed E-state index contributed by atoms with van der Waals surface area (Å²) in [6, 6.07) is 0. The molecule has 0 saturated heterocycles. The molecule has 27 heavy (non-hydrogen) atoms. The molecule has 3 rings (SSSR count). The first-order valence-electron chi connectivity index (χ1n) is 10.0. The van der Waals surface area contributed by atoms with Crippen LogP contribution in [0.25, 0.3) is 0 Å². The fraction of sp³-hybridized carbons (Fsp3) is 0.385. The number of hydrogen-bond acceptors (Lipinski definition) is 1. The average molecular weight is 365 g/mol. The lowest BCUT2D eigenvalue weighted by molar-refractivity contribution is 0.399. The highest BCUT2D eigenvalue weighted by atomic mass is 16.2. The second kappa shape index (κ2) is 11.6. The van der Waals surface area contributed by atoms with Crippen LogP contribution in [0.5, 0.6) is 0 Å². The van der Waals surface area contributed by atoms with Gasteiger partial charge in [-0.05, 0) is 66.2 Å². The van der Waals surface area contributed by atoms with E-state index in [-0.39, 0.29) is 0 Å². The summed E-state index contributed by atoms with van der Waals surface area (Å²) in [6.45, 7) is 16.1. The molecule has 0 amide bonds. The molecule has 146 valence electrons. The van der Waals surface area contributed by atoms with Crippen molar-refractivity contribution in [3.05, 3.63) is 96.2 Å². The Hall–Kier alpha value is -2.12. The Labute approximate surface area is 166 Å². The van der Waals surface area contributed by atoms with Crippen molar-refractivity contribution < 1.29 is 5.11 Å². The maximum atomic E-state index is 7.00. The van der Waals surface area contributed by atoms with Gasteiger partial charge in [0.05, 0.1) is 0 Å². The van der Waals surface area contributed by atoms with Crippen LogP contribution in [-0.2, 0) is 0 Å². The van der Waals surface area contributed by atoms with E-state index in [4.69, 9.17) is 5.11 Å². The van der Waals surface area contributed by atoms with Gasteiger partial charge in [-0.3, -0.25) is 0 Å². The lowest BCUT2D eigenvalue weighted by atomic mass is 9.77. The third-order valence-electron chi connectivity index (χ3n) is 5.35.